The Balaban J connectivity index is 1.45. The second kappa shape index (κ2) is 7.86. The summed E-state index contributed by atoms with van der Waals surface area (Å²) in [5.41, 5.74) is 0.894. The van der Waals surface area contributed by atoms with E-state index in [9.17, 15) is 9.50 Å². The summed E-state index contributed by atoms with van der Waals surface area (Å²) in [5.74, 6) is 0.753. The molecule has 6 heteroatoms. The maximum Gasteiger partial charge on any atom is 0.187 e. The lowest BCUT2D eigenvalue weighted by molar-refractivity contribution is -0.0597. The van der Waals surface area contributed by atoms with Crippen molar-refractivity contribution in [3.8, 4) is 0 Å². The van der Waals surface area contributed by atoms with Gasteiger partial charge in [-0.3, -0.25) is 4.90 Å². The largest absolute Gasteiger partial charge is 0.385 e. The fraction of sp³-hybridized carbons (Fsp3) is 0.524. The molecule has 1 aromatic heterocycles. The molecule has 0 saturated carbocycles. The van der Waals surface area contributed by atoms with Crippen molar-refractivity contribution < 1.29 is 9.50 Å². The Labute approximate surface area is 164 Å². The van der Waals surface area contributed by atoms with Gasteiger partial charge in [0.2, 0.25) is 0 Å². The average Bonchev–Trinajstić information content (AvgIpc) is 2.91. The van der Waals surface area contributed by atoms with E-state index in [0.717, 1.165) is 42.3 Å². The highest BCUT2D eigenvalue weighted by molar-refractivity contribution is 7.99. The minimum absolute atomic E-state index is 0.283. The zero-order valence-corrected chi connectivity index (χ0v) is 16.5. The third-order valence-electron chi connectivity index (χ3n) is 5.76. The van der Waals surface area contributed by atoms with Gasteiger partial charge in [0.15, 0.2) is 5.16 Å². The Morgan fingerprint density at radius 2 is 1.93 bits per heavy atom. The highest BCUT2D eigenvalue weighted by Crippen LogP contribution is 2.46. The maximum atomic E-state index is 13.6. The van der Waals surface area contributed by atoms with Gasteiger partial charge in [-0.2, -0.15) is 0 Å². The summed E-state index contributed by atoms with van der Waals surface area (Å²) in [6.07, 6.45) is 8.43. The van der Waals surface area contributed by atoms with Crippen molar-refractivity contribution in [2.24, 2.45) is 0 Å². The predicted octanol–water partition coefficient (Wildman–Crippen LogP) is 4.13. The molecule has 0 radical (unpaired) electrons. The van der Waals surface area contributed by atoms with Crippen LogP contribution in [0.1, 0.15) is 50.2 Å². The van der Waals surface area contributed by atoms with E-state index in [0.29, 0.717) is 30.5 Å². The molecule has 0 amide bonds. The van der Waals surface area contributed by atoms with Crippen LogP contribution in [0.5, 0.6) is 0 Å². The van der Waals surface area contributed by atoms with Crippen molar-refractivity contribution in [2.75, 3.05) is 5.75 Å². The van der Waals surface area contributed by atoms with E-state index in [2.05, 4.69) is 21.8 Å². The molecule has 2 unspecified atom stereocenters. The topological polar surface area (TPSA) is 49.2 Å². The number of benzene rings is 1. The van der Waals surface area contributed by atoms with E-state index in [1.165, 1.54) is 12.1 Å². The number of rotatable bonds is 6. The van der Waals surface area contributed by atoms with Gasteiger partial charge in [-0.05, 0) is 49.8 Å². The van der Waals surface area contributed by atoms with Crippen LogP contribution in [0.4, 0.5) is 4.39 Å². The van der Waals surface area contributed by atoms with E-state index in [1.54, 1.807) is 17.8 Å². The molecular weight excluding hydrogens is 361 g/mol. The molecule has 2 aliphatic rings. The van der Waals surface area contributed by atoms with Crippen LogP contribution in [-0.2, 0) is 12.1 Å². The average molecular weight is 388 g/mol. The summed E-state index contributed by atoms with van der Waals surface area (Å²) in [6.45, 7) is 2.96. The van der Waals surface area contributed by atoms with Crippen molar-refractivity contribution in [1.29, 1.82) is 0 Å². The summed E-state index contributed by atoms with van der Waals surface area (Å²) in [4.78, 5) is 11.4. The second-order valence-corrected chi connectivity index (χ2v) is 8.79. The molecule has 3 heterocycles. The van der Waals surface area contributed by atoms with Crippen LogP contribution in [0.3, 0.4) is 0 Å². The Morgan fingerprint density at radius 3 is 2.56 bits per heavy atom. The normalized spacial score (nSPS) is 27.8. The molecule has 1 N–H and O–H groups in total. The number of fused-ring (bicyclic) bond motifs is 2. The van der Waals surface area contributed by atoms with Gasteiger partial charge >= 0.3 is 0 Å². The van der Waals surface area contributed by atoms with Crippen LogP contribution >= 0.6 is 11.8 Å². The third-order valence-corrected chi connectivity index (χ3v) is 6.84. The summed E-state index contributed by atoms with van der Waals surface area (Å²) in [6, 6.07) is 7.07. The first-order valence-corrected chi connectivity index (χ1v) is 10.7. The van der Waals surface area contributed by atoms with E-state index in [-0.39, 0.29) is 5.82 Å². The molecule has 2 atom stereocenters. The second-order valence-electron chi connectivity index (χ2n) is 7.73. The number of aromatic nitrogens is 2. The van der Waals surface area contributed by atoms with Crippen LogP contribution in [0.25, 0.3) is 0 Å². The molecule has 0 spiro atoms. The highest BCUT2D eigenvalue weighted by Gasteiger charge is 2.48. The summed E-state index contributed by atoms with van der Waals surface area (Å²) in [7, 11) is 0. The van der Waals surface area contributed by atoms with Gasteiger partial charge < -0.3 is 5.11 Å². The Hall–Kier alpha value is -1.50. The molecule has 1 aromatic carbocycles. The third kappa shape index (κ3) is 4.03. The minimum Gasteiger partial charge on any atom is -0.385 e. The zero-order valence-electron chi connectivity index (χ0n) is 15.6. The molecule has 4 nitrogen and oxygen atoms in total. The van der Waals surface area contributed by atoms with Crippen LogP contribution in [0.15, 0.2) is 41.8 Å². The van der Waals surface area contributed by atoms with Crippen LogP contribution in [-0.4, -0.2) is 37.8 Å². The van der Waals surface area contributed by atoms with E-state index in [1.807, 2.05) is 18.5 Å². The number of hydrogen-bond acceptors (Lipinski definition) is 5. The van der Waals surface area contributed by atoms with Gasteiger partial charge in [-0.25, -0.2) is 14.4 Å². The monoisotopic (exact) mass is 387 g/mol. The predicted molar refractivity (Wildman–Crippen MR) is 105 cm³/mol. The number of nitrogens with zero attached hydrogens (tertiary/aromatic N) is 3. The van der Waals surface area contributed by atoms with Crippen molar-refractivity contribution in [3.05, 3.63) is 53.6 Å². The standard InChI is InChI=1S/C21H26FN3OS/c1-2-8-27-20-23-12-15(13-24-20)14-25-18-6-7-19(25)11-21(26,10-18)16-4-3-5-17(22)9-16/h3-5,9,12-13,18-19,26H,2,6-8,10-11,14H2,1H3. The van der Waals surface area contributed by atoms with E-state index >= 15 is 0 Å². The van der Waals surface area contributed by atoms with E-state index in [4.69, 9.17) is 0 Å². The molecular formula is C21H26FN3OS. The molecule has 2 bridgehead atoms. The fourth-order valence-electron chi connectivity index (χ4n) is 4.49. The van der Waals surface area contributed by atoms with Gasteiger partial charge in [0.05, 0.1) is 5.60 Å². The van der Waals surface area contributed by atoms with Crippen LogP contribution in [0.2, 0.25) is 0 Å². The van der Waals surface area contributed by atoms with Crippen molar-refractivity contribution in [1.82, 2.24) is 14.9 Å². The summed E-state index contributed by atoms with van der Waals surface area (Å²) < 4.78 is 13.6. The molecule has 144 valence electrons. The zero-order chi connectivity index (χ0) is 18.9. The molecule has 0 aliphatic carbocycles. The lowest BCUT2D eigenvalue weighted by atomic mass is 9.80. The molecule has 2 aromatic rings. The van der Waals surface area contributed by atoms with Crippen molar-refractivity contribution >= 4 is 11.8 Å². The number of thioether (sulfide) groups is 1. The maximum absolute atomic E-state index is 13.6. The molecule has 4 rings (SSSR count). The lowest BCUT2D eigenvalue weighted by Crippen LogP contribution is -2.49. The molecule has 2 aliphatic heterocycles. The summed E-state index contributed by atoms with van der Waals surface area (Å²) >= 11 is 1.69. The number of piperidine rings is 1. The Morgan fingerprint density at radius 1 is 1.22 bits per heavy atom. The first-order chi connectivity index (χ1) is 13.1. The molecule has 27 heavy (non-hydrogen) atoms. The fourth-order valence-corrected chi connectivity index (χ4v) is 5.13. The van der Waals surface area contributed by atoms with E-state index < -0.39 is 5.60 Å². The van der Waals surface area contributed by atoms with Crippen molar-refractivity contribution in [3.63, 3.8) is 0 Å². The van der Waals surface area contributed by atoms with Crippen LogP contribution in [0, 0.1) is 5.82 Å². The van der Waals surface area contributed by atoms with Gasteiger partial charge in [-0.1, -0.05) is 30.8 Å². The number of halogens is 1. The lowest BCUT2D eigenvalue weighted by Gasteiger charge is -2.44. The Kier molecular flexibility index (Phi) is 5.48. The minimum atomic E-state index is -0.929. The van der Waals surface area contributed by atoms with Gasteiger partial charge in [0.1, 0.15) is 5.82 Å². The number of aliphatic hydroxyl groups is 1. The van der Waals surface area contributed by atoms with Gasteiger partial charge in [0.25, 0.3) is 0 Å². The van der Waals surface area contributed by atoms with Gasteiger partial charge in [-0.15, -0.1) is 0 Å². The first kappa shape index (κ1) is 18.8. The Bertz CT molecular complexity index is 771. The summed E-state index contributed by atoms with van der Waals surface area (Å²) in [5, 5.41) is 12.1. The smallest absolute Gasteiger partial charge is 0.187 e. The van der Waals surface area contributed by atoms with Crippen LogP contribution < -0.4 is 0 Å². The SMILES string of the molecule is CCCSc1ncc(CN2C3CCC2CC(O)(c2cccc(F)c2)C3)cn1. The van der Waals surface area contributed by atoms with Gasteiger partial charge in [0, 0.05) is 42.3 Å². The molecule has 2 fully saturated rings. The van der Waals surface area contributed by atoms with Crippen molar-refractivity contribution in [2.45, 2.75) is 68.4 Å². The highest BCUT2D eigenvalue weighted by atomic mass is 32.2. The first-order valence-electron chi connectivity index (χ1n) is 9.75. The number of hydrogen-bond donors (Lipinski definition) is 1. The quantitative estimate of drug-likeness (QED) is 0.596. The molecule has 2 saturated heterocycles.